The molecule has 3 aromatic rings. The van der Waals surface area contributed by atoms with Gasteiger partial charge in [0.1, 0.15) is 6.04 Å². The molecule has 0 saturated heterocycles. The average Bonchev–Trinajstić information content (AvgIpc) is 3.11. The van der Waals surface area contributed by atoms with E-state index < -0.39 is 6.04 Å². The summed E-state index contributed by atoms with van der Waals surface area (Å²) in [7, 11) is 0. The molecule has 6 heteroatoms. The van der Waals surface area contributed by atoms with Crippen molar-refractivity contribution in [3.63, 3.8) is 0 Å². The summed E-state index contributed by atoms with van der Waals surface area (Å²) in [6, 6.07) is 14.3. The van der Waals surface area contributed by atoms with Crippen molar-refractivity contribution in [1.29, 1.82) is 0 Å². The summed E-state index contributed by atoms with van der Waals surface area (Å²) in [6.45, 7) is 6.05. The lowest BCUT2D eigenvalue weighted by atomic mass is 10.0. The predicted octanol–water partition coefficient (Wildman–Crippen LogP) is 4.56. The van der Waals surface area contributed by atoms with Gasteiger partial charge in [-0.3, -0.25) is 4.79 Å². The first kappa shape index (κ1) is 17.3. The van der Waals surface area contributed by atoms with Gasteiger partial charge in [-0.15, -0.1) is 10.2 Å². The van der Waals surface area contributed by atoms with Gasteiger partial charge in [-0.1, -0.05) is 49.7 Å². The molecule has 0 fully saturated rings. The van der Waals surface area contributed by atoms with Gasteiger partial charge in [-0.05, 0) is 47.9 Å². The number of ketones is 1. The Morgan fingerprint density at radius 2 is 1.64 bits per heavy atom. The van der Waals surface area contributed by atoms with Gasteiger partial charge >= 0.3 is 0 Å². The minimum Gasteiger partial charge on any atom is -0.292 e. The lowest BCUT2D eigenvalue weighted by Crippen LogP contribution is -2.19. The van der Waals surface area contributed by atoms with E-state index in [1.165, 1.54) is 10.4 Å². The first-order chi connectivity index (χ1) is 12.0. The Kier molecular flexibility index (Phi) is 4.95. The SMILES string of the molecule is CC(C)c1ccc(-c2nnn([C@@H](C)C(=O)c3ccc(Cl)cc3)n2)cc1. The molecular weight excluding hydrogens is 336 g/mol. The maximum Gasteiger partial charge on any atom is 0.204 e. The number of rotatable bonds is 5. The van der Waals surface area contributed by atoms with Crippen LogP contribution in [0.25, 0.3) is 11.4 Å². The molecular formula is C19H19ClN4O. The Hall–Kier alpha value is -2.53. The number of aromatic nitrogens is 4. The summed E-state index contributed by atoms with van der Waals surface area (Å²) in [6.07, 6.45) is 0. The monoisotopic (exact) mass is 354 g/mol. The second-order valence-electron chi connectivity index (χ2n) is 6.26. The third-order valence-electron chi connectivity index (χ3n) is 4.12. The molecule has 0 saturated carbocycles. The highest BCUT2D eigenvalue weighted by atomic mass is 35.5. The Bertz CT molecular complexity index is 869. The summed E-state index contributed by atoms with van der Waals surface area (Å²) >= 11 is 5.86. The molecule has 0 unspecified atom stereocenters. The molecule has 2 aromatic carbocycles. The van der Waals surface area contributed by atoms with Crippen molar-refractivity contribution in [2.45, 2.75) is 32.7 Å². The summed E-state index contributed by atoms with van der Waals surface area (Å²) in [5.41, 5.74) is 2.70. The van der Waals surface area contributed by atoms with Crippen LogP contribution in [0.5, 0.6) is 0 Å². The summed E-state index contributed by atoms with van der Waals surface area (Å²) < 4.78 is 0. The highest BCUT2D eigenvalue weighted by Gasteiger charge is 2.20. The van der Waals surface area contributed by atoms with Crippen LogP contribution in [-0.2, 0) is 0 Å². The van der Waals surface area contributed by atoms with E-state index in [4.69, 9.17) is 11.6 Å². The van der Waals surface area contributed by atoms with E-state index in [-0.39, 0.29) is 5.78 Å². The van der Waals surface area contributed by atoms with Crippen molar-refractivity contribution in [3.8, 4) is 11.4 Å². The molecule has 0 aliphatic heterocycles. The summed E-state index contributed by atoms with van der Waals surface area (Å²) in [5, 5.41) is 13.1. The van der Waals surface area contributed by atoms with E-state index in [0.29, 0.717) is 22.3 Å². The molecule has 1 aromatic heterocycles. The highest BCUT2D eigenvalue weighted by Crippen LogP contribution is 2.21. The molecule has 3 rings (SSSR count). The molecule has 0 N–H and O–H groups in total. The number of Topliss-reactive ketones (excluding diaryl/α,β-unsaturated/α-hetero) is 1. The highest BCUT2D eigenvalue weighted by molar-refractivity contribution is 6.30. The lowest BCUT2D eigenvalue weighted by Gasteiger charge is -2.08. The van der Waals surface area contributed by atoms with E-state index >= 15 is 0 Å². The molecule has 0 bridgehead atoms. The van der Waals surface area contributed by atoms with Crippen LogP contribution in [0, 0.1) is 0 Å². The Morgan fingerprint density at radius 1 is 1.00 bits per heavy atom. The molecule has 0 aliphatic carbocycles. The van der Waals surface area contributed by atoms with Crippen LogP contribution in [0.1, 0.15) is 48.7 Å². The molecule has 5 nitrogen and oxygen atoms in total. The third-order valence-corrected chi connectivity index (χ3v) is 4.37. The van der Waals surface area contributed by atoms with Crippen LogP contribution in [0.3, 0.4) is 0 Å². The van der Waals surface area contributed by atoms with Gasteiger partial charge in [0.05, 0.1) is 0 Å². The van der Waals surface area contributed by atoms with E-state index in [9.17, 15) is 4.79 Å². The van der Waals surface area contributed by atoms with Crippen LogP contribution in [0.15, 0.2) is 48.5 Å². The molecule has 0 spiro atoms. The van der Waals surface area contributed by atoms with E-state index in [1.54, 1.807) is 31.2 Å². The third kappa shape index (κ3) is 3.77. The van der Waals surface area contributed by atoms with E-state index in [2.05, 4.69) is 41.4 Å². The number of carbonyl (C=O) groups is 1. The molecule has 25 heavy (non-hydrogen) atoms. The fourth-order valence-electron chi connectivity index (χ4n) is 2.48. The number of benzene rings is 2. The quantitative estimate of drug-likeness (QED) is 0.630. The normalized spacial score (nSPS) is 12.4. The number of halogens is 1. The van der Waals surface area contributed by atoms with Crippen LogP contribution in [0.4, 0.5) is 0 Å². The molecule has 0 amide bonds. The van der Waals surface area contributed by atoms with E-state index in [1.807, 2.05) is 12.1 Å². The molecule has 1 atom stereocenters. The number of tetrazole rings is 1. The topological polar surface area (TPSA) is 60.7 Å². The van der Waals surface area contributed by atoms with Gasteiger partial charge in [-0.2, -0.15) is 4.80 Å². The number of nitrogens with zero attached hydrogens (tertiary/aromatic N) is 4. The van der Waals surface area contributed by atoms with Crippen molar-refractivity contribution in [2.24, 2.45) is 0 Å². The average molecular weight is 355 g/mol. The molecule has 1 heterocycles. The Balaban J connectivity index is 1.80. The van der Waals surface area contributed by atoms with Crippen molar-refractivity contribution in [3.05, 3.63) is 64.7 Å². The Labute approximate surface area is 151 Å². The Morgan fingerprint density at radius 3 is 2.24 bits per heavy atom. The first-order valence-electron chi connectivity index (χ1n) is 8.15. The standard InChI is InChI=1S/C19H19ClN4O/c1-12(2)14-4-6-16(7-5-14)19-21-23-24(22-19)13(3)18(25)15-8-10-17(20)11-9-15/h4-13H,1-3H3/t13-/m0/s1. The lowest BCUT2D eigenvalue weighted by molar-refractivity contribution is 0.0918. The summed E-state index contributed by atoms with van der Waals surface area (Å²) in [5.74, 6) is 0.886. The number of hydrogen-bond acceptors (Lipinski definition) is 4. The zero-order valence-corrected chi connectivity index (χ0v) is 15.1. The van der Waals surface area contributed by atoms with Crippen molar-refractivity contribution in [2.75, 3.05) is 0 Å². The largest absolute Gasteiger partial charge is 0.292 e. The first-order valence-corrected chi connectivity index (χ1v) is 8.53. The van der Waals surface area contributed by atoms with Crippen LogP contribution in [-0.4, -0.2) is 26.0 Å². The van der Waals surface area contributed by atoms with Gasteiger partial charge in [0.15, 0.2) is 5.78 Å². The van der Waals surface area contributed by atoms with Gasteiger partial charge < -0.3 is 0 Å². The number of hydrogen-bond donors (Lipinski definition) is 0. The van der Waals surface area contributed by atoms with Gasteiger partial charge in [0, 0.05) is 16.1 Å². The van der Waals surface area contributed by atoms with Crippen LogP contribution < -0.4 is 0 Å². The zero-order valence-electron chi connectivity index (χ0n) is 14.3. The molecule has 0 radical (unpaired) electrons. The zero-order chi connectivity index (χ0) is 18.0. The second-order valence-corrected chi connectivity index (χ2v) is 6.69. The smallest absolute Gasteiger partial charge is 0.204 e. The number of carbonyl (C=O) groups excluding carboxylic acids is 1. The van der Waals surface area contributed by atoms with Crippen molar-refractivity contribution in [1.82, 2.24) is 20.2 Å². The predicted molar refractivity (Wildman–Crippen MR) is 97.8 cm³/mol. The van der Waals surface area contributed by atoms with E-state index in [0.717, 1.165) is 5.56 Å². The fourth-order valence-corrected chi connectivity index (χ4v) is 2.61. The second kappa shape index (κ2) is 7.15. The van der Waals surface area contributed by atoms with Crippen molar-refractivity contribution < 1.29 is 4.79 Å². The minimum absolute atomic E-state index is 0.0872. The van der Waals surface area contributed by atoms with Crippen molar-refractivity contribution >= 4 is 17.4 Å². The maximum atomic E-state index is 12.6. The van der Waals surface area contributed by atoms with Crippen LogP contribution in [0.2, 0.25) is 5.02 Å². The summed E-state index contributed by atoms with van der Waals surface area (Å²) in [4.78, 5) is 13.9. The molecule has 0 aliphatic rings. The minimum atomic E-state index is -0.544. The molecule has 128 valence electrons. The maximum absolute atomic E-state index is 12.6. The van der Waals surface area contributed by atoms with Crippen LogP contribution >= 0.6 is 11.6 Å². The van der Waals surface area contributed by atoms with Gasteiger partial charge in [0.2, 0.25) is 5.82 Å². The van der Waals surface area contributed by atoms with Gasteiger partial charge in [-0.25, -0.2) is 0 Å². The van der Waals surface area contributed by atoms with Gasteiger partial charge in [0.25, 0.3) is 0 Å². The fraction of sp³-hybridized carbons (Fsp3) is 0.263.